The highest BCUT2D eigenvalue weighted by Gasteiger charge is 2.31. The van der Waals surface area contributed by atoms with E-state index in [-0.39, 0.29) is 12.1 Å². The molecule has 0 radical (unpaired) electrons. The van der Waals surface area contributed by atoms with Crippen LogP contribution in [0.4, 0.5) is 11.6 Å². The molecule has 1 aliphatic heterocycles. The third kappa shape index (κ3) is 3.63. The quantitative estimate of drug-likeness (QED) is 0.684. The van der Waals surface area contributed by atoms with Crippen LogP contribution in [-0.4, -0.2) is 43.6 Å². The van der Waals surface area contributed by atoms with Crippen molar-refractivity contribution in [1.29, 1.82) is 5.26 Å². The molecule has 152 valence electrons. The van der Waals surface area contributed by atoms with E-state index in [1.165, 1.54) is 0 Å². The summed E-state index contributed by atoms with van der Waals surface area (Å²) in [7, 11) is 1.83. The van der Waals surface area contributed by atoms with Gasteiger partial charge in [-0.1, -0.05) is 6.92 Å². The summed E-state index contributed by atoms with van der Waals surface area (Å²) in [4.78, 5) is 9.14. The van der Waals surface area contributed by atoms with Crippen molar-refractivity contribution in [2.75, 3.05) is 18.5 Å². The van der Waals surface area contributed by atoms with Gasteiger partial charge in [-0.05, 0) is 26.3 Å². The molecule has 4 heterocycles. The van der Waals surface area contributed by atoms with Gasteiger partial charge >= 0.3 is 0 Å². The Labute approximate surface area is 169 Å². The summed E-state index contributed by atoms with van der Waals surface area (Å²) < 4.78 is 15.1. The fourth-order valence-electron chi connectivity index (χ4n) is 3.74. The maximum atomic E-state index is 9.66. The zero-order valence-electron chi connectivity index (χ0n) is 17.1. The van der Waals surface area contributed by atoms with Crippen LogP contribution in [0.3, 0.4) is 0 Å². The van der Waals surface area contributed by atoms with E-state index in [0.717, 1.165) is 17.5 Å². The molecule has 2 atom stereocenters. The first-order valence-electron chi connectivity index (χ1n) is 9.83. The molecule has 1 aliphatic rings. The van der Waals surface area contributed by atoms with Gasteiger partial charge in [0.25, 0.3) is 5.88 Å². The number of aryl methyl sites for hydroxylation is 1. The molecule has 9 heteroatoms. The van der Waals surface area contributed by atoms with Crippen LogP contribution in [0.15, 0.2) is 18.5 Å². The van der Waals surface area contributed by atoms with E-state index in [1.54, 1.807) is 10.9 Å². The van der Waals surface area contributed by atoms with Crippen LogP contribution < -0.4 is 10.1 Å². The maximum absolute atomic E-state index is 9.66. The predicted molar refractivity (Wildman–Crippen MR) is 108 cm³/mol. The van der Waals surface area contributed by atoms with Crippen LogP contribution in [0.2, 0.25) is 0 Å². The van der Waals surface area contributed by atoms with Crippen molar-refractivity contribution in [3.05, 3.63) is 24.2 Å². The van der Waals surface area contributed by atoms with Gasteiger partial charge in [0.15, 0.2) is 0 Å². The van der Waals surface area contributed by atoms with E-state index >= 15 is 0 Å². The van der Waals surface area contributed by atoms with Crippen molar-refractivity contribution in [2.24, 2.45) is 13.0 Å². The van der Waals surface area contributed by atoms with Crippen molar-refractivity contribution >= 4 is 22.7 Å². The molecule has 0 aliphatic carbocycles. The maximum Gasteiger partial charge on any atom is 0.257 e. The molecule has 0 spiro atoms. The molecule has 0 bridgehead atoms. The second-order valence-electron chi connectivity index (χ2n) is 7.57. The van der Waals surface area contributed by atoms with Gasteiger partial charge < -0.3 is 19.4 Å². The summed E-state index contributed by atoms with van der Waals surface area (Å²) >= 11 is 0. The van der Waals surface area contributed by atoms with Gasteiger partial charge in [-0.2, -0.15) is 10.2 Å². The molecule has 1 unspecified atom stereocenters. The Hall–Kier alpha value is -3.12. The Morgan fingerprint density at radius 3 is 2.97 bits per heavy atom. The molecule has 3 aromatic heterocycles. The topological polar surface area (TPSA) is 103 Å². The number of ether oxygens (including phenoxy) is 2. The second-order valence-corrected chi connectivity index (χ2v) is 7.57. The van der Waals surface area contributed by atoms with Gasteiger partial charge in [-0.25, -0.2) is 4.98 Å². The normalized spacial score (nSPS) is 19.0. The summed E-state index contributed by atoms with van der Waals surface area (Å²) in [5.41, 5.74) is 1.99. The molecule has 0 aromatic carbocycles. The van der Waals surface area contributed by atoms with Crippen LogP contribution in [0.5, 0.6) is 5.88 Å². The van der Waals surface area contributed by atoms with E-state index < -0.39 is 0 Å². The van der Waals surface area contributed by atoms with Gasteiger partial charge in [0.2, 0.25) is 5.95 Å². The molecule has 1 N–H and O–H groups in total. The average Bonchev–Trinajstić information content (AvgIpc) is 3.37. The Morgan fingerprint density at radius 1 is 1.41 bits per heavy atom. The fraction of sp³-hybridized carbons (Fsp3) is 0.500. The molecule has 29 heavy (non-hydrogen) atoms. The summed E-state index contributed by atoms with van der Waals surface area (Å²) in [6.45, 7) is 7.33. The minimum Gasteiger partial charge on any atom is -0.472 e. The Bertz CT molecular complexity index is 1060. The molecule has 1 fully saturated rings. The first-order chi connectivity index (χ1) is 14.0. The molecule has 3 aromatic rings. The summed E-state index contributed by atoms with van der Waals surface area (Å²) in [6.07, 6.45) is 4.54. The molecule has 4 rings (SSSR count). The summed E-state index contributed by atoms with van der Waals surface area (Å²) in [5.74, 6) is 1.28. The lowest BCUT2D eigenvalue weighted by Gasteiger charge is -2.19. The number of hydrogen-bond donors (Lipinski definition) is 1. The number of nitriles is 1. The SMILES string of the molecule is CCC1COC[C@@H]1n1c(C#N)cc2cnc(Nc3cn(C)nc3OC(C)C)nc21. The third-order valence-corrected chi connectivity index (χ3v) is 5.10. The van der Waals surface area contributed by atoms with Crippen molar-refractivity contribution < 1.29 is 9.47 Å². The van der Waals surface area contributed by atoms with Crippen LogP contribution in [0, 0.1) is 17.2 Å². The molecule has 0 saturated carbocycles. The van der Waals surface area contributed by atoms with Crippen molar-refractivity contribution in [3.8, 4) is 11.9 Å². The van der Waals surface area contributed by atoms with Crippen LogP contribution in [0.25, 0.3) is 11.0 Å². The third-order valence-electron chi connectivity index (χ3n) is 5.10. The smallest absolute Gasteiger partial charge is 0.257 e. The predicted octanol–water partition coefficient (Wildman–Crippen LogP) is 3.16. The molecular weight excluding hydrogens is 370 g/mol. The highest BCUT2D eigenvalue weighted by molar-refractivity contribution is 5.79. The van der Waals surface area contributed by atoms with Crippen LogP contribution >= 0.6 is 0 Å². The highest BCUT2D eigenvalue weighted by Crippen LogP contribution is 2.34. The molecule has 9 nitrogen and oxygen atoms in total. The number of aromatic nitrogens is 5. The van der Waals surface area contributed by atoms with Crippen molar-refractivity contribution in [3.63, 3.8) is 0 Å². The minimum atomic E-state index is -0.00221. The second kappa shape index (κ2) is 7.72. The highest BCUT2D eigenvalue weighted by atomic mass is 16.5. The van der Waals surface area contributed by atoms with Gasteiger partial charge in [-0.15, -0.1) is 5.10 Å². The van der Waals surface area contributed by atoms with E-state index in [9.17, 15) is 5.26 Å². The fourth-order valence-corrected chi connectivity index (χ4v) is 3.74. The number of rotatable bonds is 6. The standard InChI is InChI=1S/C20H25N7O2/c1-5-13-10-28-11-17(13)27-15(7-21)6-14-8-22-20(24-18(14)27)23-16-9-26(4)25-19(16)29-12(2)3/h6,8-9,12-13,17H,5,10-11H2,1-4H3,(H,22,23,24)/t13?,17-/m0/s1. The Balaban J connectivity index is 1.73. The number of nitrogens with one attached hydrogen (secondary N) is 1. The van der Waals surface area contributed by atoms with E-state index in [4.69, 9.17) is 14.5 Å². The largest absolute Gasteiger partial charge is 0.472 e. The lowest BCUT2D eigenvalue weighted by Crippen LogP contribution is -2.19. The summed E-state index contributed by atoms with van der Waals surface area (Å²) in [5, 5.41) is 18.0. The average molecular weight is 395 g/mol. The monoisotopic (exact) mass is 395 g/mol. The minimum absolute atomic E-state index is 0.00221. The number of nitrogens with zero attached hydrogens (tertiary/aromatic N) is 6. The van der Waals surface area contributed by atoms with Gasteiger partial charge in [0, 0.05) is 24.5 Å². The molecular formula is C20H25N7O2. The number of hydrogen-bond acceptors (Lipinski definition) is 7. The Kier molecular flexibility index (Phi) is 5.11. The first-order valence-corrected chi connectivity index (χ1v) is 9.83. The van der Waals surface area contributed by atoms with E-state index in [1.807, 2.05) is 37.7 Å². The van der Waals surface area contributed by atoms with Gasteiger partial charge in [-0.3, -0.25) is 4.68 Å². The van der Waals surface area contributed by atoms with Crippen molar-refractivity contribution in [2.45, 2.75) is 39.3 Å². The summed E-state index contributed by atoms with van der Waals surface area (Å²) in [6, 6.07) is 4.22. The van der Waals surface area contributed by atoms with Crippen molar-refractivity contribution in [1.82, 2.24) is 24.3 Å². The van der Waals surface area contributed by atoms with E-state index in [0.29, 0.717) is 42.3 Å². The first kappa shape index (κ1) is 19.2. The number of anilines is 2. The number of fused-ring (bicyclic) bond motifs is 1. The Morgan fingerprint density at radius 2 is 2.24 bits per heavy atom. The zero-order valence-corrected chi connectivity index (χ0v) is 17.1. The van der Waals surface area contributed by atoms with Crippen LogP contribution in [0.1, 0.15) is 38.9 Å². The molecule has 0 amide bonds. The zero-order chi connectivity index (χ0) is 20.5. The van der Waals surface area contributed by atoms with Crippen LogP contribution in [-0.2, 0) is 11.8 Å². The van der Waals surface area contributed by atoms with Gasteiger partial charge in [0.1, 0.15) is 23.1 Å². The molecule has 1 saturated heterocycles. The lowest BCUT2D eigenvalue weighted by molar-refractivity contribution is 0.180. The van der Waals surface area contributed by atoms with E-state index in [2.05, 4.69) is 28.4 Å². The van der Waals surface area contributed by atoms with Gasteiger partial charge in [0.05, 0.1) is 31.6 Å². The lowest BCUT2D eigenvalue weighted by atomic mass is 10.0.